The Labute approximate surface area is 157 Å². The first-order valence-corrected chi connectivity index (χ1v) is 9.79. The van der Waals surface area contributed by atoms with Gasteiger partial charge in [-0.25, -0.2) is 4.39 Å². The van der Waals surface area contributed by atoms with Gasteiger partial charge in [-0.15, -0.1) is 11.8 Å². The number of rotatable bonds is 5. The Morgan fingerprint density at radius 2 is 1.96 bits per heavy atom. The summed E-state index contributed by atoms with van der Waals surface area (Å²) in [5.74, 6) is 0.384. The highest BCUT2D eigenvalue weighted by molar-refractivity contribution is 8.00. The highest BCUT2D eigenvalue weighted by Gasteiger charge is 2.26. The molecule has 136 valence electrons. The molecule has 4 nitrogen and oxygen atoms in total. The Balaban J connectivity index is 1.77. The normalized spacial score (nSPS) is 14.4. The zero-order valence-corrected chi connectivity index (χ0v) is 15.8. The van der Waals surface area contributed by atoms with E-state index in [4.69, 9.17) is 0 Å². The first kappa shape index (κ1) is 18.5. The lowest BCUT2D eigenvalue weighted by Gasteiger charge is -2.19. The van der Waals surface area contributed by atoms with E-state index in [1.807, 2.05) is 13.8 Å². The minimum absolute atomic E-state index is 0.160. The summed E-state index contributed by atoms with van der Waals surface area (Å²) in [6.07, 6.45) is 4.51. The summed E-state index contributed by atoms with van der Waals surface area (Å²) in [6.45, 7) is 3.94. The van der Waals surface area contributed by atoms with E-state index in [-0.39, 0.29) is 17.5 Å². The first-order valence-electron chi connectivity index (χ1n) is 8.81. The van der Waals surface area contributed by atoms with Gasteiger partial charge in [0, 0.05) is 16.6 Å². The zero-order chi connectivity index (χ0) is 18.7. The highest BCUT2D eigenvalue weighted by atomic mass is 32.2. The number of nitrogens with zero attached hydrogens (tertiary/aromatic N) is 2. The van der Waals surface area contributed by atoms with Crippen LogP contribution in [-0.4, -0.2) is 16.2 Å². The number of nitrogens with one attached hydrogen (secondary N) is 1. The van der Waals surface area contributed by atoms with Gasteiger partial charge < -0.3 is 9.88 Å². The average molecular weight is 371 g/mol. The van der Waals surface area contributed by atoms with E-state index in [2.05, 4.69) is 16.0 Å². The van der Waals surface area contributed by atoms with E-state index in [0.717, 1.165) is 29.0 Å². The number of hydrogen-bond acceptors (Lipinski definition) is 3. The van der Waals surface area contributed by atoms with Gasteiger partial charge in [0.25, 0.3) is 0 Å². The molecule has 1 aliphatic carbocycles. The summed E-state index contributed by atoms with van der Waals surface area (Å²) < 4.78 is 15.1. The largest absolute Gasteiger partial charge is 0.327 e. The summed E-state index contributed by atoms with van der Waals surface area (Å²) in [6, 6.07) is 8.67. The lowest BCUT2D eigenvalue weighted by atomic mass is 10.2. The van der Waals surface area contributed by atoms with Crippen LogP contribution < -0.4 is 5.32 Å². The standard InChI is InChI=1S/C20H22FN3OS/c1-13-14(2)24(16-5-3-4-6-16)20(18(13)11-22)23-19(25)12-26-17-9-7-15(21)8-10-17/h7-10,16H,3-6,12H2,1-2H3,(H,23,25). The molecule has 0 radical (unpaired) electrons. The number of anilines is 1. The molecule has 1 aromatic carbocycles. The fraction of sp³-hybridized carbons (Fsp3) is 0.400. The van der Waals surface area contributed by atoms with Gasteiger partial charge in [0.15, 0.2) is 0 Å². The van der Waals surface area contributed by atoms with Crippen molar-refractivity contribution in [2.45, 2.75) is 50.5 Å². The summed E-state index contributed by atoms with van der Waals surface area (Å²) in [5, 5.41) is 12.5. The van der Waals surface area contributed by atoms with Gasteiger partial charge in [-0.3, -0.25) is 4.79 Å². The van der Waals surface area contributed by atoms with Crippen LogP contribution in [0.5, 0.6) is 0 Å². The number of amides is 1. The van der Waals surface area contributed by atoms with Crippen molar-refractivity contribution in [2.24, 2.45) is 0 Å². The second-order valence-electron chi connectivity index (χ2n) is 6.64. The van der Waals surface area contributed by atoms with Gasteiger partial charge in [0.2, 0.25) is 5.91 Å². The molecule has 3 rings (SSSR count). The van der Waals surface area contributed by atoms with Gasteiger partial charge in [0.1, 0.15) is 17.7 Å². The number of halogens is 1. The Bertz CT molecular complexity index is 845. The van der Waals surface area contributed by atoms with Crippen molar-refractivity contribution >= 4 is 23.5 Å². The molecule has 1 N–H and O–H groups in total. The molecule has 2 aromatic rings. The van der Waals surface area contributed by atoms with Crippen LogP contribution in [0.2, 0.25) is 0 Å². The fourth-order valence-electron chi connectivity index (χ4n) is 3.55. The monoisotopic (exact) mass is 371 g/mol. The predicted octanol–water partition coefficient (Wildman–Crippen LogP) is 4.96. The van der Waals surface area contributed by atoms with Gasteiger partial charge in [0.05, 0.1) is 11.3 Å². The quantitative estimate of drug-likeness (QED) is 0.756. The molecule has 1 saturated carbocycles. The minimum Gasteiger partial charge on any atom is -0.327 e. The molecule has 0 saturated heterocycles. The maximum absolute atomic E-state index is 13.0. The van der Waals surface area contributed by atoms with E-state index in [1.165, 1.54) is 36.7 Å². The molecular weight excluding hydrogens is 349 g/mol. The SMILES string of the molecule is Cc1c(C#N)c(NC(=O)CSc2ccc(F)cc2)n(C2CCCC2)c1C. The van der Waals surface area contributed by atoms with E-state index >= 15 is 0 Å². The molecule has 1 amide bonds. The average Bonchev–Trinajstić information content (AvgIpc) is 3.22. The van der Waals surface area contributed by atoms with Crippen LogP contribution in [0.4, 0.5) is 10.2 Å². The molecule has 0 aliphatic heterocycles. The molecule has 26 heavy (non-hydrogen) atoms. The van der Waals surface area contributed by atoms with Crippen LogP contribution in [0, 0.1) is 31.0 Å². The number of benzene rings is 1. The van der Waals surface area contributed by atoms with E-state index < -0.39 is 0 Å². The van der Waals surface area contributed by atoms with Crippen LogP contribution in [0.15, 0.2) is 29.2 Å². The highest BCUT2D eigenvalue weighted by Crippen LogP contribution is 2.37. The molecule has 1 aliphatic rings. The summed E-state index contributed by atoms with van der Waals surface area (Å²) >= 11 is 1.35. The molecule has 6 heteroatoms. The van der Waals surface area contributed by atoms with Crippen LogP contribution in [0.1, 0.15) is 48.5 Å². The number of thioether (sulfide) groups is 1. The zero-order valence-electron chi connectivity index (χ0n) is 15.0. The van der Waals surface area contributed by atoms with Crippen LogP contribution in [-0.2, 0) is 4.79 Å². The Kier molecular flexibility index (Phi) is 5.67. The van der Waals surface area contributed by atoms with Crippen LogP contribution in [0.3, 0.4) is 0 Å². The van der Waals surface area contributed by atoms with Crippen molar-refractivity contribution in [3.05, 3.63) is 46.9 Å². The van der Waals surface area contributed by atoms with Crippen molar-refractivity contribution in [3.8, 4) is 6.07 Å². The Hall–Kier alpha value is -2.26. The fourth-order valence-corrected chi connectivity index (χ4v) is 4.25. The topological polar surface area (TPSA) is 57.8 Å². The van der Waals surface area contributed by atoms with Crippen LogP contribution >= 0.6 is 11.8 Å². The molecule has 1 heterocycles. The third kappa shape index (κ3) is 3.78. The Morgan fingerprint density at radius 1 is 1.31 bits per heavy atom. The number of nitriles is 1. The third-order valence-electron chi connectivity index (χ3n) is 5.00. The van der Waals surface area contributed by atoms with E-state index in [9.17, 15) is 14.4 Å². The van der Waals surface area contributed by atoms with E-state index in [0.29, 0.717) is 17.4 Å². The van der Waals surface area contributed by atoms with Crippen molar-refractivity contribution < 1.29 is 9.18 Å². The number of aromatic nitrogens is 1. The van der Waals surface area contributed by atoms with E-state index in [1.54, 1.807) is 12.1 Å². The maximum Gasteiger partial charge on any atom is 0.235 e. The second-order valence-corrected chi connectivity index (χ2v) is 7.69. The number of carbonyl (C=O) groups excluding carboxylic acids is 1. The van der Waals surface area contributed by atoms with Gasteiger partial charge >= 0.3 is 0 Å². The van der Waals surface area contributed by atoms with Crippen molar-refractivity contribution in [1.29, 1.82) is 5.26 Å². The summed E-state index contributed by atoms with van der Waals surface area (Å²) in [7, 11) is 0. The third-order valence-corrected chi connectivity index (χ3v) is 6.01. The predicted molar refractivity (Wildman–Crippen MR) is 102 cm³/mol. The summed E-state index contributed by atoms with van der Waals surface area (Å²) in [5.41, 5.74) is 2.53. The molecule has 1 aromatic heterocycles. The van der Waals surface area contributed by atoms with Crippen molar-refractivity contribution in [3.63, 3.8) is 0 Å². The lowest BCUT2D eigenvalue weighted by Crippen LogP contribution is -2.19. The lowest BCUT2D eigenvalue weighted by molar-refractivity contribution is -0.113. The van der Waals surface area contributed by atoms with Gasteiger partial charge in [-0.05, 0) is 56.5 Å². The second kappa shape index (κ2) is 7.96. The maximum atomic E-state index is 13.0. The number of carbonyl (C=O) groups is 1. The van der Waals surface area contributed by atoms with Gasteiger partial charge in [-0.2, -0.15) is 5.26 Å². The van der Waals surface area contributed by atoms with Crippen LogP contribution in [0.25, 0.3) is 0 Å². The minimum atomic E-state index is -0.294. The molecule has 0 bridgehead atoms. The van der Waals surface area contributed by atoms with Gasteiger partial charge in [-0.1, -0.05) is 12.8 Å². The first-order chi connectivity index (χ1) is 12.5. The van der Waals surface area contributed by atoms with Crippen molar-refractivity contribution in [1.82, 2.24) is 4.57 Å². The molecule has 1 fully saturated rings. The molecule has 0 atom stereocenters. The molecule has 0 spiro atoms. The molecule has 0 unspecified atom stereocenters. The Morgan fingerprint density at radius 3 is 2.58 bits per heavy atom. The number of hydrogen-bond donors (Lipinski definition) is 1. The molecular formula is C20H22FN3OS. The summed E-state index contributed by atoms with van der Waals surface area (Å²) in [4.78, 5) is 13.3. The van der Waals surface area contributed by atoms with Crippen molar-refractivity contribution in [2.75, 3.05) is 11.1 Å². The smallest absolute Gasteiger partial charge is 0.235 e.